The number of aryl methyl sites for hydroxylation is 2. The van der Waals surface area contributed by atoms with Crippen LogP contribution in [0.5, 0.6) is 0 Å². The summed E-state index contributed by atoms with van der Waals surface area (Å²) in [5, 5.41) is 3.87. The van der Waals surface area contributed by atoms with E-state index in [9.17, 15) is 0 Å². The molecule has 106 valence electrons. The van der Waals surface area contributed by atoms with E-state index >= 15 is 0 Å². The minimum atomic E-state index is 0.462. The molecule has 19 heavy (non-hydrogen) atoms. The van der Waals surface area contributed by atoms with Gasteiger partial charge in [-0.3, -0.25) is 0 Å². The minimum Gasteiger partial charge on any atom is -0.307 e. The van der Waals surface area contributed by atoms with Gasteiger partial charge in [0.05, 0.1) is 0 Å². The molecule has 1 aliphatic rings. The smallest absolute Gasteiger partial charge is 0.0297 e. The van der Waals surface area contributed by atoms with Crippen LogP contribution < -0.4 is 5.32 Å². The lowest BCUT2D eigenvalue weighted by molar-refractivity contribution is 0.327. The van der Waals surface area contributed by atoms with Crippen molar-refractivity contribution < 1.29 is 0 Å². The molecule has 0 aliphatic heterocycles. The Morgan fingerprint density at radius 2 is 2.00 bits per heavy atom. The van der Waals surface area contributed by atoms with Gasteiger partial charge in [0.15, 0.2) is 0 Å². The molecule has 0 bridgehead atoms. The van der Waals surface area contributed by atoms with Gasteiger partial charge in [-0.05, 0) is 56.6 Å². The van der Waals surface area contributed by atoms with Crippen molar-refractivity contribution in [3.8, 4) is 0 Å². The first-order chi connectivity index (χ1) is 9.02. The molecule has 0 aromatic heterocycles. The van der Waals surface area contributed by atoms with Crippen molar-refractivity contribution in [2.45, 2.75) is 66.0 Å². The van der Waals surface area contributed by atoms with Crippen molar-refractivity contribution in [3.05, 3.63) is 34.9 Å². The van der Waals surface area contributed by atoms with Crippen LogP contribution in [0.1, 0.15) is 62.8 Å². The average molecular weight is 259 g/mol. The van der Waals surface area contributed by atoms with Crippen LogP contribution in [0.25, 0.3) is 0 Å². The zero-order valence-corrected chi connectivity index (χ0v) is 13.2. The highest BCUT2D eigenvalue weighted by Gasteiger charge is 2.32. The highest BCUT2D eigenvalue weighted by Crippen LogP contribution is 2.35. The first-order valence-corrected chi connectivity index (χ1v) is 7.86. The van der Waals surface area contributed by atoms with Crippen LogP contribution >= 0.6 is 0 Å². The van der Waals surface area contributed by atoms with Crippen LogP contribution in [0.3, 0.4) is 0 Å². The topological polar surface area (TPSA) is 12.0 Å². The fourth-order valence-corrected chi connectivity index (χ4v) is 3.78. The number of hydrogen-bond donors (Lipinski definition) is 1. The maximum absolute atomic E-state index is 3.87. The predicted molar refractivity (Wildman–Crippen MR) is 83.4 cm³/mol. The third kappa shape index (κ3) is 3.20. The normalized spacial score (nSPS) is 28.6. The second-order valence-corrected chi connectivity index (χ2v) is 6.46. The molecule has 0 saturated heterocycles. The van der Waals surface area contributed by atoms with Crippen molar-refractivity contribution >= 4 is 0 Å². The number of nitrogens with one attached hydrogen (secondary N) is 1. The summed E-state index contributed by atoms with van der Waals surface area (Å²) in [7, 11) is 0. The van der Waals surface area contributed by atoms with E-state index in [0.29, 0.717) is 12.1 Å². The van der Waals surface area contributed by atoms with Gasteiger partial charge in [0.1, 0.15) is 0 Å². The monoisotopic (exact) mass is 259 g/mol. The molecule has 1 aromatic carbocycles. The maximum atomic E-state index is 3.87. The highest BCUT2D eigenvalue weighted by molar-refractivity contribution is 5.32. The highest BCUT2D eigenvalue weighted by atomic mass is 15.0. The molecular weight excluding hydrogens is 230 g/mol. The van der Waals surface area contributed by atoms with Crippen molar-refractivity contribution in [1.82, 2.24) is 5.32 Å². The molecule has 1 heteroatoms. The predicted octanol–water partition coefficient (Wildman–Crippen LogP) is 4.78. The Hall–Kier alpha value is -0.820. The molecule has 1 aliphatic carbocycles. The van der Waals surface area contributed by atoms with Gasteiger partial charge >= 0.3 is 0 Å². The van der Waals surface area contributed by atoms with Crippen molar-refractivity contribution in [2.75, 3.05) is 0 Å². The fourth-order valence-electron chi connectivity index (χ4n) is 3.78. The van der Waals surface area contributed by atoms with Crippen LogP contribution in [0.4, 0.5) is 0 Å². The quantitative estimate of drug-likeness (QED) is 0.820. The number of benzene rings is 1. The van der Waals surface area contributed by atoms with Gasteiger partial charge in [0.25, 0.3) is 0 Å². The van der Waals surface area contributed by atoms with E-state index in [4.69, 9.17) is 0 Å². The fraction of sp³-hybridized carbons (Fsp3) is 0.667. The van der Waals surface area contributed by atoms with Gasteiger partial charge in [-0.15, -0.1) is 0 Å². The first kappa shape index (κ1) is 14.6. The lowest BCUT2D eigenvalue weighted by Crippen LogP contribution is -2.35. The van der Waals surface area contributed by atoms with Gasteiger partial charge in [-0.25, -0.2) is 0 Å². The van der Waals surface area contributed by atoms with E-state index in [2.05, 4.69) is 58.1 Å². The second kappa shape index (κ2) is 6.09. The Morgan fingerprint density at radius 3 is 2.58 bits per heavy atom. The Labute approximate surface area is 118 Å². The molecule has 0 heterocycles. The SMILES string of the molecule is CCC1CCC(NC(C)c2ccc(C)cc2C)C1C. The molecule has 1 aromatic rings. The van der Waals surface area contributed by atoms with E-state index in [1.807, 2.05) is 0 Å². The summed E-state index contributed by atoms with van der Waals surface area (Å²) in [6.07, 6.45) is 4.07. The summed E-state index contributed by atoms with van der Waals surface area (Å²) in [5.74, 6) is 1.74. The van der Waals surface area contributed by atoms with E-state index in [0.717, 1.165) is 11.8 Å². The van der Waals surface area contributed by atoms with Crippen LogP contribution in [0.15, 0.2) is 18.2 Å². The summed E-state index contributed by atoms with van der Waals surface area (Å²) >= 11 is 0. The lowest BCUT2D eigenvalue weighted by Gasteiger charge is -2.26. The van der Waals surface area contributed by atoms with E-state index in [1.165, 1.54) is 36.0 Å². The molecule has 0 amide bonds. The molecule has 4 atom stereocenters. The van der Waals surface area contributed by atoms with Gasteiger partial charge < -0.3 is 5.32 Å². The molecule has 0 spiro atoms. The third-order valence-corrected chi connectivity index (χ3v) is 5.11. The van der Waals surface area contributed by atoms with Crippen molar-refractivity contribution in [3.63, 3.8) is 0 Å². The first-order valence-electron chi connectivity index (χ1n) is 7.86. The summed E-state index contributed by atoms with van der Waals surface area (Å²) in [5.41, 5.74) is 4.23. The third-order valence-electron chi connectivity index (χ3n) is 5.11. The molecule has 1 fully saturated rings. The average Bonchev–Trinajstić information content (AvgIpc) is 2.70. The van der Waals surface area contributed by atoms with Crippen molar-refractivity contribution in [1.29, 1.82) is 0 Å². The van der Waals surface area contributed by atoms with Crippen LogP contribution in [0, 0.1) is 25.7 Å². The molecule has 1 N–H and O–H groups in total. The Kier molecular flexibility index (Phi) is 4.67. The van der Waals surface area contributed by atoms with Gasteiger partial charge in [-0.2, -0.15) is 0 Å². The second-order valence-electron chi connectivity index (χ2n) is 6.46. The number of rotatable bonds is 4. The largest absolute Gasteiger partial charge is 0.307 e. The van der Waals surface area contributed by atoms with E-state index in [-0.39, 0.29) is 0 Å². The molecule has 1 saturated carbocycles. The maximum Gasteiger partial charge on any atom is 0.0297 e. The minimum absolute atomic E-state index is 0.462. The molecule has 4 unspecified atom stereocenters. The summed E-state index contributed by atoms with van der Waals surface area (Å²) in [6.45, 7) is 11.5. The molecular formula is C18H29N. The zero-order chi connectivity index (χ0) is 14.0. The molecule has 2 rings (SSSR count). The molecule has 1 nitrogen and oxygen atoms in total. The molecule has 0 radical (unpaired) electrons. The Bertz CT molecular complexity index is 424. The Morgan fingerprint density at radius 1 is 1.26 bits per heavy atom. The van der Waals surface area contributed by atoms with Crippen LogP contribution in [-0.4, -0.2) is 6.04 Å². The van der Waals surface area contributed by atoms with Gasteiger partial charge in [0, 0.05) is 12.1 Å². The summed E-state index contributed by atoms with van der Waals surface area (Å²) < 4.78 is 0. The van der Waals surface area contributed by atoms with Crippen LogP contribution in [0.2, 0.25) is 0 Å². The zero-order valence-electron chi connectivity index (χ0n) is 13.2. The van der Waals surface area contributed by atoms with E-state index in [1.54, 1.807) is 0 Å². The standard InChI is InChI=1S/C18H29N/c1-6-16-8-10-18(14(16)4)19-15(5)17-9-7-12(2)11-13(17)3/h7,9,11,14-16,18-19H,6,8,10H2,1-5H3. The van der Waals surface area contributed by atoms with Crippen molar-refractivity contribution in [2.24, 2.45) is 11.8 Å². The summed E-state index contributed by atoms with van der Waals surface area (Å²) in [6, 6.07) is 7.97. The van der Waals surface area contributed by atoms with Crippen LogP contribution in [-0.2, 0) is 0 Å². The van der Waals surface area contributed by atoms with E-state index < -0.39 is 0 Å². The summed E-state index contributed by atoms with van der Waals surface area (Å²) in [4.78, 5) is 0. The Balaban J connectivity index is 2.03. The number of hydrogen-bond acceptors (Lipinski definition) is 1. The lowest BCUT2D eigenvalue weighted by atomic mass is 9.92. The van der Waals surface area contributed by atoms with Gasteiger partial charge in [0.2, 0.25) is 0 Å². The van der Waals surface area contributed by atoms with Gasteiger partial charge in [-0.1, -0.05) is 44.0 Å².